The molecule has 0 atom stereocenters. The molecule has 0 unspecified atom stereocenters. The maximum atomic E-state index is 8.68. The number of oxazole rings is 1. The van der Waals surface area contributed by atoms with Gasteiger partial charge in [-0.25, -0.2) is 4.98 Å². The summed E-state index contributed by atoms with van der Waals surface area (Å²) in [6, 6.07) is 5.39. The summed E-state index contributed by atoms with van der Waals surface area (Å²) in [5, 5.41) is 9.23. The molecule has 0 saturated carbocycles. The average molecular weight is 198 g/mol. The van der Waals surface area contributed by atoms with Crippen LogP contribution in [0.25, 0.3) is 11.1 Å². The lowest BCUT2D eigenvalue weighted by atomic mass is 10.3. The molecule has 0 amide bonds. The van der Waals surface area contributed by atoms with Gasteiger partial charge in [0.1, 0.15) is 5.52 Å². The third-order valence-corrected chi connectivity index (χ3v) is 2.03. The van der Waals surface area contributed by atoms with E-state index in [0.717, 1.165) is 5.52 Å². The number of para-hydroxylation sites is 1. The van der Waals surface area contributed by atoms with Gasteiger partial charge in [0.15, 0.2) is 11.5 Å². The lowest BCUT2D eigenvalue weighted by molar-refractivity contribution is 0.287. The van der Waals surface area contributed by atoms with E-state index in [1.54, 1.807) is 6.07 Å². The van der Waals surface area contributed by atoms with Crippen molar-refractivity contribution in [3.05, 3.63) is 29.1 Å². The molecule has 3 nitrogen and oxygen atoms in total. The van der Waals surface area contributed by atoms with Gasteiger partial charge < -0.3 is 9.52 Å². The zero-order chi connectivity index (χ0) is 9.26. The maximum absolute atomic E-state index is 8.68. The number of hydrogen-bond donors (Lipinski definition) is 1. The summed E-state index contributed by atoms with van der Waals surface area (Å²) in [6.07, 6.45) is 0.422. The van der Waals surface area contributed by atoms with Crippen LogP contribution in [0, 0.1) is 0 Å². The third-order valence-electron chi connectivity index (χ3n) is 1.74. The van der Waals surface area contributed by atoms with Crippen molar-refractivity contribution < 1.29 is 9.52 Å². The largest absolute Gasteiger partial charge is 0.439 e. The van der Waals surface area contributed by atoms with Crippen molar-refractivity contribution in [1.29, 1.82) is 0 Å². The van der Waals surface area contributed by atoms with Gasteiger partial charge in [-0.05, 0) is 12.1 Å². The summed E-state index contributed by atoms with van der Waals surface area (Å²) in [7, 11) is 0. The van der Waals surface area contributed by atoms with Crippen molar-refractivity contribution in [3.8, 4) is 0 Å². The van der Waals surface area contributed by atoms with Gasteiger partial charge in [0.2, 0.25) is 0 Å². The van der Waals surface area contributed by atoms with Gasteiger partial charge >= 0.3 is 0 Å². The summed E-state index contributed by atoms with van der Waals surface area (Å²) >= 11 is 5.87. The molecule has 1 aromatic heterocycles. The second-order valence-electron chi connectivity index (χ2n) is 2.67. The van der Waals surface area contributed by atoms with Crippen molar-refractivity contribution in [1.82, 2.24) is 4.98 Å². The molecular formula is C9H8ClNO2. The monoisotopic (exact) mass is 197 g/mol. The maximum Gasteiger partial charge on any atom is 0.197 e. The van der Waals surface area contributed by atoms with Gasteiger partial charge in [0.25, 0.3) is 0 Å². The van der Waals surface area contributed by atoms with E-state index in [0.29, 0.717) is 22.9 Å². The van der Waals surface area contributed by atoms with Gasteiger partial charge in [-0.3, -0.25) is 0 Å². The molecule has 0 radical (unpaired) electrons. The lowest BCUT2D eigenvalue weighted by Gasteiger charge is -1.88. The molecule has 0 fully saturated rings. The second kappa shape index (κ2) is 3.36. The number of hydrogen-bond acceptors (Lipinski definition) is 3. The van der Waals surface area contributed by atoms with Gasteiger partial charge in [0, 0.05) is 6.42 Å². The standard InChI is InChI=1S/C9H8ClNO2/c10-6-2-1-3-7-9(6)13-8(11-7)4-5-12/h1-3,12H,4-5H2. The highest BCUT2D eigenvalue weighted by Gasteiger charge is 2.07. The van der Waals surface area contributed by atoms with E-state index in [2.05, 4.69) is 4.98 Å². The first-order chi connectivity index (χ1) is 6.31. The fraction of sp³-hybridized carbons (Fsp3) is 0.222. The van der Waals surface area contributed by atoms with E-state index in [4.69, 9.17) is 21.1 Å². The summed E-state index contributed by atoms with van der Waals surface area (Å²) < 4.78 is 5.34. The Kier molecular flexibility index (Phi) is 2.20. The predicted octanol–water partition coefficient (Wildman–Crippen LogP) is 2.02. The number of halogens is 1. The molecule has 0 aliphatic carbocycles. The highest BCUT2D eigenvalue weighted by Crippen LogP contribution is 2.23. The summed E-state index contributed by atoms with van der Waals surface area (Å²) in [5.74, 6) is 0.519. The molecule has 1 aromatic carbocycles. The van der Waals surface area contributed by atoms with Crippen molar-refractivity contribution in [2.45, 2.75) is 6.42 Å². The molecule has 2 rings (SSSR count). The zero-order valence-corrected chi connectivity index (χ0v) is 7.58. The van der Waals surface area contributed by atoms with E-state index in [9.17, 15) is 0 Å². The molecule has 0 aliphatic rings. The highest BCUT2D eigenvalue weighted by atomic mass is 35.5. The minimum atomic E-state index is 0.0322. The zero-order valence-electron chi connectivity index (χ0n) is 6.83. The van der Waals surface area contributed by atoms with Crippen LogP contribution in [0.5, 0.6) is 0 Å². The molecule has 0 aliphatic heterocycles. The van der Waals surface area contributed by atoms with Crippen LogP contribution >= 0.6 is 11.6 Å². The number of rotatable bonds is 2. The van der Waals surface area contributed by atoms with Crippen molar-refractivity contribution in [3.63, 3.8) is 0 Å². The Morgan fingerprint density at radius 3 is 3.00 bits per heavy atom. The van der Waals surface area contributed by atoms with Crippen molar-refractivity contribution >= 4 is 22.7 Å². The van der Waals surface area contributed by atoms with E-state index < -0.39 is 0 Å². The van der Waals surface area contributed by atoms with Crippen LogP contribution in [-0.4, -0.2) is 16.7 Å². The molecule has 4 heteroatoms. The molecule has 1 N–H and O–H groups in total. The van der Waals surface area contributed by atoms with Crippen LogP contribution in [0.2, 0.25) is 5.02 Å². The molecule has 0 saturated heterocycles. The normalized spacial score (nSPS) is 10.9. The van der Waals surface area contributed by atoms with Crippen LogP contribution in [-0.2, 0) is 6.42 Å². The molecule has 1 heterocycles. The van der Waals surface area contributed by atoms with Crippen molar-refractivity contribution in [2.75, 3.05) is 6.61 Å². The Morgan fingerprint density at radius 1 is 1.46 bits per heavy atom. The number of aromatic nitrogens is 1. The van der Waals surface area contributed by atoms with E-state index >= 15 is 0 Å². The van der Waals surface area contributed by atoms with Crippen LogP contribution in [0.15, 0.2) is 22.6 Å². The van der Waals surface area contributed by atoms with Gasteiger partial charge in [-0.1, -0.05) is 17.7 Å². The Labute approximate surface area is 80.0 Å². The van der Waals surface area contributed by atoms with Crippen LogP contribution in [0.4, 0.5) is 0 Å². The summed E-state index contributed by atoms with van der Waals surface area (Å²) in [5.41, 5.74) is 1.32. The molecule has 13 heavy (non-hydrogen) atoms. The molecule has 68 valence electrons. The van der Waals surface area contributed by atoms with E-state index in [1.807, 2.05) is 12.1 Å². The number of benzene rings is 1. The first-order valence-corrected chi connectivity index (χ1v) is 4.34. The minimum absolute atomic E-state index is 0.0322. The smallest absolute Gasteiger partial charge is 0.197 e. The van der Waals surface area contributed by atoms with Crippen LogP contribution in [0.3, 0.4) is 0 Å². The van der Waals surface area contributed by atoms with Gasteiger partial charge in [-0.2, -0.15) is 0 Å². The molecule has 0 bridgehead atoms. The second-order valence-corrected chi connectivity index (χ2v) is 3.08. The average Bonchev–Trinajstić information content (AvgIpc) is 2.49. The minimum Gasteiger partial charge on any atom is -0.439 e. The Bertz CT molecular complexity index is 424. The fourth-order valence-corrected chi connectivity index (χ4v) is 1.37. The first kappa shape index (κ1) is 8.53. The first-order valence-electron chi connectivity index (χ1n) is 3.96. The molecular weight excluding hydrogens is 190 g/mol. The number of aliphatic hydroxyl groups excluding tert-OH is 1. The molecule has 2 aromatic rings. The quantitative estimate of drug-likeness (QED) is 0.801. The van der Waals surface area contributed by atoms with Crippen molar-refractivity contribution in [2.24, 2.45) is 0 Å². The van der Waals surface area contributed by atoms with E-state index in [1.165, 1.54) is 0 Å². The van der Waals surface area contributed by atoms with Crippen LogP contribution < -0.4 is 0 Å². The Balaban J connectivity index is 2.55. The summed E-state index contributed by atoms with van der Waals surface area (Å²) in [6.45, 7) is 0.0322. The van der Waals surface area contributed by atoms with E-state index in [-0.39, 0.29) is 6.61 Å². The predicted molar refractivity (Wildman–Crippen MR) is 49.8 cm³/mol. The summed E-state index contributed by atoms with van der Waals surface area (Å²) in [4.78, 5) is 4.15. The number of aliphatic hydroxyl groups is 1. The molecule has 0 spiro atoms. The highest BCUT2D eigenvalue weighted by molar-refractivity contribution is 6.34. The Morgan fingerprint density at radius 2 is 2.31 bits per heavy atom. The van der Waals surface area contributed by atoms with Gasteiger partial charge in [0.05, 0.1) is 11.6 Å². The number of fused-ring (bicyclic) bond motifs is 1. The number of nitrogens with zero attached hydrogens (tertiary/aromatic N) is 1. The SMILES string of the molecule is OCCc1nc2cccc(Cl)c2o1. The van der Waals surface area contributed by atoms with Crippen LogP contribution in [0.1, 0.15) is 5.89 Å². The fourth-order valence-electron chi connectivity index (χ4n) is 1.16. The third kappa shape index (κ3) is 1.53. The lowest BCUT2D eigenvalue weighted by Crippen LogP contribution is -1.88. The topological polar surface area (TPSA) is 46.3 Å². The van der Waals surface area contributed by atoms with Gasteiger partial charge in [-0.15, -0.1) is 0 Å². The Hall–Kier alpha value is -1.06.